The molecule has 1 aliphatic heterocycles. The maximum Gasteiger partial charge on any atom is 0.231 e. The number of carbonyl (C=O) groups excluding carboxylic acids is 2. The highest BCUT2D eigenvalue weighted by Crippen LogP contribution is 2.34. The quantitative estimate of drug-likeness (QED) is 0.617. The molecule has 1 N–H and O–H groups in total. The van der Waals surface area contributed by atoms with Gasteiger partial charge in [0.1, 0.15) is 5.75 Å². The van der Waals surface area contributed by atoms with E-state index in [1.807, 2.05) is 0 Å². The summed E-state index contributed by atoms with van der Waals surface area (Å²) in [6.45, 7) is 2.15. The van der Waals surface area contributed by atoms with E-state index in [2.05, 4.69) is 5.32 Å². The van der Waals surface area contributed by atoms with Crippen molar-refractivity contribution in [2.45, 2.75) is 19.8 Å². The second-order valence-electron chi connectivity index (χ2n) is 5.65. The molecule has 6 nitrogen and oxygen atoms in total. The molecule has 2 aromatic rings. The van der Waals surface area contributed by atoms with Gasteiger partial charge < -0.3 is 19.5 Å². The lowest BCUT2D eigenvalue weighted by Crippen LogP contribution is -2.12. The van der Waals surface area contributed by atoms with Gasteiger partial charge in [-0.25, -0.2) is 0 Å². The second-order valence-corrected chi connectivity index (χ2v) is 5.65. The molecule has 0 spiro atoms. The average molecular weight is 341 g/mol. The summed E-state index contributed by atoms with van der Waals surface area (Å²) in [5, 5.41) is 2.82. The first kappa shape index (κ1) is 16.8. The minimum absolute atomic E-state index is 0.0201. The highest BCUT2D eigenvalue weighted by Gasteiger charge is 2.14. The molecule has 2 aromatic carbocycles. The van der Waals surface area contributed by atoms with Crippen molar-refractivity contribution in [3.63, 3.8) is 0 Å². The van der Waals surface area contributed by atoms with Crippen LogP contribution in [0.2, 0.25) is 0 Å². The van der Waals surface area contributed by atoms with Crippen LogP contribution in [0, 0.1) is 0 Å². The van der Waals surface area contributed by atoms with Crippen molar-refractivity contribution in [2.75, 3.05) is 18.7 Å². The fourth-order valence-corrected chi connectivity index (χ4v) is 2.41. The van der Waals surface area contributed by atoms with Gasteiger partial charge in [0, 0.05) is 23.7 Å². The summed E-state index contributed by atoms with van der Waals surface area (Å²) in [7, 11) is 0. The van der Waals surface area contributed by atoms with Crippen molar-refractivity contribution in [1.82, 2.24) is 0 Å². The van der Waals surface area contributed by atoms with Crippen LogP contribution in [0.3, 0.4) is 0 Å². The van der Waals surface area contributed by atoms with Crippen LogP contribution >= 0.6 is 0 Å². The largest absolute Gasteiger partial charge is 0.494 e. The molecule has 0 radical (unpaired) electrons. The van der Waals surface area contributed by atoms with Gasteiger partial charge in [-0.2, -0.15) is 0 Å². The maximum atomic E-state index is 12.0. The van der Waals surface area contributed by atoms with Crippen molar-refractivity contribution in [2.24, 2.45) is 0 Å². The van der Waals surface area contributed by atoms with Gasteiger partial charge in [0.15, 0.2) is 17.3 Å². The summed E-state index contributed by atoms with van der Waals surface area (Å²) in [5.74, 6) is 1.93. The third-order valence-electron chi connectivity index (χ3n) is 3.73. The Morgan fingerprint density at radius 1 is 1.08 bits per heavy atom. The third-order valence-corrected chi connectivity index (χ3v) is 3.73. The van der Waals surface area contributed by atoms with E-state index in [-0.39, 0.29) is 18.5 Å². The number of carbonyl (C=O) groups is 2. The lowest BCUT2D eigenvalue weighted by atomic mass is 10.1. The highest BCUT2D eigenvalue weighted by atomic mass is 16.7. The van der Waals surface area contributed by atoms with Gasteiger partial charge in [-0.3, -0.25) is 9.59 Å². The van der Waals surface area contributed by atoms with Gasteiger partial charge >= 0.3 is 0 Å². The van der Waals surface area contributed by atoms with Crippen LogP contribution in [0.4, 0.5) is 5.69 Å². The first-order chi connectivity index (χ1) is 12.1. The number of hydrogen-bond acceptors (Lipinski definition) is 5. The third kappa shape index (κ3) is 4.50. The van der Waals surface area contributed by atoms with Gasteiger partial charge in [-0.15, -0.1) is 0 Å². The van der Waals surface area contributed by atoms with Crippen molar-refractivity contribution in [1.29, 1.82) is 0 Å². The van der Waals surface area contributed by atoms with E-state index >= 15 is 0 Å². The van der Waals surface area contributed by atoms with Gasteiger partial charge in [0.25, 0.3) is 0 Å². The van der Waals surface area contributed by atoms with E-state index in [0.29, 0.717) is 47.9 Å². The summed E-state index contributed by atoms with van der Waals surface area (Å²) in [4.78, 5) is 23.2. The predicted octanol–water partition coefficient (Wildman–Crippen LogP) is 3.42. The Bertz CT molecular complexity index is 770. The molecule has 1 heterocycles. The van der Waals surface area contributed by atoms with E-state index in [9.17, 15) is 9.59 Å². The average Bonchev–Trinajstić information content (AvgIpc) is 3.07. The zero-order chi connectivity index (χ0) is 17.6. The van der Waals surface area contributed by atoms with E-state index < -0.39 is 0 Å². The number of rotatable bonds is 7. The number of amides is 1. The number of ketones is 1. The molecule has 1 amide bonds. The van der Waals surface area contributed by atoms with Crippen molar-refractivity contribution in [3.8, 4) is 17.2 Å². The molecular formula is C19H19NO5. The van der Waals surface area contributed by atoms with E-state index in [1.54, 1.807) is 42.5 Å². The fraction of sp³-hybridized carbons (Fsp3) is 0.263. The number of Topliss-reactive ketones (excluding diaryl/α,β-unsaturated/α-hetero) is 1. The highest BCUT2D eigenvalue weighted by molar-refractivity contribution is 5.94. The summed E-state index contributed by atoms with van der Waals surface area (Å²) in [5.41, 5.74) is 1.32. The molecule has 3 rings (SSSR count). The van der Waals surface area contributed by atoms with Crippen LogP contribution in [0.1, 0.15) is 30.1 Å². The molecule has 6 heteroatoms. The number of anilines is 1. The first-order valence-electron chi connectivity index (χ1n) is 8.05. The van der Waals surface area contributed by atoms with Crippen LogP contribution in [0.25, 0.3) is 0 Å². The molecule has 0 fully saturated rings. The second kappa shape index (κ2) is 7.70. The zero-order valence-corrected chi connectivity index (χ0v) is 13.9. The molecular weight excluding hydrogens is 322 g/mol. The molecule has 0 saturated carbocycles. The molecule has 0 aliphatic carbocycles. The molecule has 0 saturated heterocycles. The molecule has 25 heavy (non-hydrogen) atoms. The molecule has 0 unspecified atom stereocenters. The predicted molar refractivity (Wildman–Crippen MR) is 92.4 cm³/mol. The number of nitrogens with one attached hydrogen (secondary N) is 1. The van der Waals surface area contributed by atoms with Gasteiger partial charge in [-0.05, 0) is 49.7 Å². The minimum atomic E-state index is -0.0885. The zero-order valence-electron chi connectivity index (χ0n) is 13.9. The lowest BCUT2D eigenvalue weighted by molar-refractivity contribution is -0.116. The van der Waals surface area contributed by atoms with Gasteiger partial charge in [-0.1, -0.05) is 0 Å². The summed E-state index contributed by atoms with van der Waals surface area (Å²) >= 11 is 0. The van der Waals surface area contributed by atoms with Crippen molar-refractivity contribution in [3.05, 3.63) is 48.0 Å². The summed E-state index contributed by atoms with van der Waals surface area (Å²) < 4.78 is 16.1. The smallest absolute Gasteiger partial charge is 0.231 e. The number of hydrogen-bond donors (Lipinski definition) is 1. The molecule has 1 aliphatic rings. The Hall–Kier alpha value is -3.02. The standard InChI is InChI=1S/C19H19NO5/c1-13(21)14-4-7-16(8-5-14)23-10-2-3-19(22)20-15-6-9-17-18(11-15)25-12-24-17/h4-9,11H,2-3,10,12H2,1H3,(H,20,22). The monoisotopic (exact) mass is 341 g/mol. The Balaban J connectivity index is 1.40. The number of fused-ring (bicyclic) bond motifs is 1. The van der Waals surface area contributed by atoms with E-state index in [1.165, 1.54) is 6.92 Å². The number of benzene rings is 2. The summed E-state index contributed by atoms with van der Waals surface area (Å²) in [6.07, 6.45) is 0.935. The van der Waals surface area contributed by atoms with Gasteiger partial charge in [0.05, 0.1) is 6.61 Å². The minimum Gasteiger partial charge on any atom is -0.494 e. The topological polar surface area (TPSA) is 73.9 Å². The van der Waals surface area contributed by atoms with Gasteiger partial charge in [0.2, 0.25) is 12.7 Å². The number of ether oxygens (including phenoxy) is 3. The molecule has 130 valence electrons. The van der Waals surface area contributed by atoms with Crippen LogP contribution in [0.5, 0.6) is 17.2 Å². The van der Waals surface area contributed by atoms with Crippen LogP contribution in [0.15, 0.2) is 42.5 Å². The Morgan fingerprint density at radius 2 is 1.84 bits per heavy atom. The summed E-state index contributed by atoms with van der Waals surface area (Å²) in [6, 6.07) is 12.2. The van der Waals surface area contributed by atoms with Crippen LogP contribution in [-0.2, 0) is 4.79 Å². The molecule has 0 aromatic heterocycles. The first-order valence-corrected chi connectivity index (χ1v) is 8.05. The van der Waals surface area contributed by atoms with Crippen molar-refractivity contribution < 1.29 is 23.8 Å². The normalized spacial score (nSPS) is 11.9. The van der Waals surface area contributed by atoms with Crippen molar-refractivity contribution >= 4 is 17.4 Å². The van der Waals surface area contributed by atoms with E-state index in [0.717, 1.165) is 0 Å². The SMILES string of the molecule is CC(=O)c1ccc(OCCCC(=O)Nc2ccc3c(c2)OCO3)cc1. The Morgan fingerprint density at radius 3 is 2.60 bits per heavy atom. The lowest BCUT2D eigenvalue weighted by Gasteiger charge is -2.08. The van der Waals surface area contributed by atoms with Crippen LogP contribution in [-0.4, -0.2) is 25.1 Å². The maximum absolute atomic E-state index is 12.0. The Kier molecular flexibility index (Phi) is 5.18. The molecule has 0 atom stereocenters. The Labute approximate surface area is 145 Å². The van der Waals surface area contributed by atoms with E-state index in [4.69, 9.17) is 14.2 Å². The van der Waals surface area contributed by atoms with Crippen LogP contribution < -0.4 is 19.5 Å². The fourth-order valence-electron chi connectivity index (χ4n) is 2.41. The molecule has 0 bridgehead atoms.